The monoisotopic (exact) mass is 430 g/mol. The summed E-state index contributed by atoms with van der Waals surface area (Å²) in [6.07, 6.45) is 0.562. The number of nitrogens with one attached hydrogen (secondary N) is 1. The number of aromatic nitrogens is 2. The highest BCUT2D eigenvalue weighted by atomic mass is 16.6. The van der Waals surface area contributed by atoms with E-state index in [-0.39, 0.29) is 23.8 Å². The first kappa shape index (κ1) is 21.0. The quantitative estimate of drug-likeness (QED) is 0.326. The van der Waals surface area contributed by atoms with E-state index < -0.39 is 4.92 Å². The molecular formula is C24H22N4O4. The molecule has 0 aliphatic carbocycles. The van der Waals surface area contributed by atoms with Gasteiger partial charge in [-0.3, -0.25) is 14.9 Å². The Balaban J connectivity index is 1.61. The Morgan fingerprint density at radius 3 is 2.59 bits per heavy atom. The van der Waals surface area contributed by atoms with E-state index in [0.29, 0.717) is 18.8 Å². The number of para-hydroxylation sites is 2. The summed E-state index contributed by atoms with van der Waals surface area (Å²) in [5.74, 6) is 0.742. The number of rotatable bonds is 8. The lowest BCUT2D eigenvalue weighted by atomic mass is 10.1. The van der Waals surface area contributed by atoms with Gasteiger partial charge in [0.15, 0.2) is 0 Å². The molecule has 0 radical (unpaired) electrons. The third-order valence-corrected chi connectivity index (χ3v) is 4.99. The number of carbonyl (C=O) groups is 1. The molecule has 1 aromatic heterocycles. The number of hydrogen-bond donors (Lipinski definition) is 1. The van der Waals surface area contributed by atoms with E-state index in [0.717, 1.165) is 22.4 Å². The molecular weight excluding hydrogens is 408 g/mol. The second-order valence-electron chi connectivity index (χ2n) is 7.18. The van der Waals surface area contributed by atoms with Crippen molar-refractivity contribution in [3.05, 3.63) is 94.3 Å². The van der Waals surface area contributed by atoms with E-state index in [1.54, 1.807) is 13.0 Å². The molecule has 4 aromatic rings. The molecule has 0 saturated carbocycles. The van der Waals surface area contributed by atoms with Gasteiger partial charge >= 0.3 is 0 Å². The van der Waals surface area contributed by atoms with Crippen molar-refractivity contribution in [2.45, 2.75) is 19.9 Å². The highest BCUT2D eigenvalue weighted by molar-refractivity contribution is 5.94. The van der Waals surface area contributed by atoms with Crippen molar-refractivity contribution in [3.63, 3.8) is 0 Å². The molecule has 4 rings (SSSR count). The van der Waals surface area contributed by atoms with Gasteiger partial charge < -0.3 is 14.6 Å². The largest absolute Gasteiger partial charge is 0.494 e. The average molecular weight is 430 g/mol. The standard InChI is InChI=1S/C24H22N4O4/c1-2-32-18-12-13-20(22(15-18)28(30)31)26-24(29)16-27-21-11-7-6-10-19(21)25-23(27)14-17-8-4-3-5-9-17/h3-13,15H,2,14,16H2,1H3,(H,26,29). The van der Waals surface area contributed by atoms with E-state index in [4.69, 9.17) is 9.72 Å². The van der Waals surface area contributed by atoms with Gasteiger partial charge in [-0.25, -0.2) is 4.98 Å². The maximum absolute atomic E-state index is 12.9. The third-order valence-electron chi connectivity index (χ3n) is 4.99. The first-order valence-corrected chi connectivity index (χ1v) is 10.2. The van der Waals surface area contributed by atoms with Gasteiger partial charge in [0.2, 0.25) is 5.91 Å². The van der Waals surface area contributed by atoms with E-state index in [2.05, 4.69) is 5.32 Å². The molecule has 3 aromatic carbocycles. The lowest BCUT2D eigenvalue weighted by Crippen LogP contribution is -2.21. The normalized spacial score (nSPS) is 10.8. The van der Waals surface area contributed by atoms with Crippen molar-refractivity contribution in [2.75, 3.05) is 11.9 Å². The fourth-order valence-corrected chi connectivity index (χ4v) is 3.57. The lowest BCUT2D eigenvalue weighted by molar-refractivity contribution is -0.384. The predicted octanol–water partition coefficient (Wildman–Crippen LogP) is 4.57. The number of fused-ring (bicyclic) bond motifs is 1. The van der Waals surface area contributed by atoms with Gasteiger partial charge in [0, 0.05) is 6.42 Å². The molecule has 32 heavy (non-hydrogen) atoms. The Labute approximate surface area is 184 Å². The summed E-state index contributed by atoms with van der Waals surface area (Å²) in [6.45, 7) is 2.16. The van der Waals surface area contributed by atoms with Gasteiger partial charge in [-0.2, -0.15) is 0 Å². The zero-order valence-electron chi connectivity index (χ0n) is 17.5. The summed E-state index contributed by atoms with van der Waals surface area (Å²) in [7, 11) is 0. The number of hydrogen-bond acceptors (Lipinski definition) is 5. The number of carbonyl (C=O) groups excluding carboxylic acids is 1. The molecule has 0 fully saturated rings. The molecule has 0 atom stereocenters. The number of ether oxygens (including phenoxy) is 1. The summed E-state index contributed by atoms with van der Waals surface area (Å²) in [4.78, 5) is 28.6. The van der Waals surface area contributed by atoms with E-state index in [1.165, 1.54) is 12.1 Å². The zero-order valence-corrected chi connectivity index (χ0v) is 17.5. The summed E-state index contributed by atoms with van der Waals surface area (Å²) >= 11 is 0. The van der Waals surface area contributed by atoms with Crippen LogP contribution in [0.5, 0.6) is 5.75 Å². The minimum absolute atomic E-state index is 0.0208. The Morgan fingerprint density at radius 1 is 1.09 bits per heavy atom. The van der Waals surface area contributed by atoms with Gasteiger partial charge in [0.25, 0.3) is 5.69 Å². The number of benzene rings is 3. The van der Waals surface area contributed by atoms with E-state index >= 15 is 0 Å². The van der Waals surface area contributed by atoms with Gasteiger partial charge in [0.05, 0.1) is 28.6 Å². The Bertz CT molecular complexity index is 1270. The number of nitro benzene ring substituents is 1. The Morgan fingerprint density at radius 2 is 1.84 bits per heavy atom. The van der Waals surface area contributed by atoms with Crippen LogP contribution in [0, 0.1) is 10.1 Å². The first-order chi connectivity index (χ1) is 15.5. The highest BCUT2D eigenvalue weighted by Crippen LogP contribution is 2.29. The molecule has 8 nitrogen and oxygen atoms in total. The fraction of sp³-hybridized carbons (Fsp3) is 0.167. The molecule has 1 N–H and O–H groups in total. The van der Waals surface area contributed by atoms with Crippen LogP contribution in [-0.2, 0) is 17.8 Å². The Kier molecular flexibility index (Phi) is 6.12. The van der Waals surface area contributed by atoms with Gasteiger partial charge in [0.1, 0.15) is 23.8 Å². The molecule has 0 bridgehead atoms. The van der Waals surface area contributed by atoms with Gasteiger partial charge in [-0.15, -0.1) is 0 Å². The molecule has 1 amide bonds. The number of anilines is 1. The minimum atomic E-state index is -0.536. The van der Waals surface area contributed by atoms with Crippen LogP contribution in [0.25, 0.3) is 11.0 Å². The molecule has 0 aliphatic rings. The first-order valence-electron chi connectivity index (χ1n) is 10.2. The van der Waals surface area contributed by atoms with Crippen molar-refractivity contribution in [1.82, 2.24) is 9.55 Å². The van der Waals surface area contributed by atoms with Crippen molar-refractivity contribution in [1.29, 1.82) is 0 Å². The van der Waals surface area contributed by atoms with Crippen LogP contribution in [0.15, 0.2) is 72.8 Å². The summed E-state index contributed by atoms with van der Waals surface area (Å²) in [5, 5.41) is 14.2. The smallest absolute Gasteiger partial charge is 0.296 e. The van der Waals surface area contributed by atoms with Gasteiger partial charge in [-0.05, 0) is 36.8 Å². The van der Waals surface area contributed by atoms with Crippen molar-refractivity contribution in [3.8, 4) is 5.75 Å². The maximum Gasteiger partial charge on any atom is 0.296 e. The van der Waals surface area contributed by atoms with Crippen LogP contribution in [-0.4, -0.2) is 27.0 Å². The molecule has 8 heteroatoms. The second-order valence-corrected chi connectivity index (χ2v) is 7.18. The van der Waals surface area contributed by atoms with Crippen molar-refractivity contribution >= 4 is 28.3 Å². The second kappa shape index (κ2) is 9.30. The number of nitro groups is 1. The van der Waals surface area contributed by atoms with Crippen LogP contribution in [0.3, 0.4) is 0 Å². The Hall–Kier alpha value is -4.20. The summed E-state index contributed by atoms with van der Waals surface area (Å²) in [5.41, 5.74) is 2.60. The van der Waals surface area contributed by atoms with E-state index in [1.807, 2.05) is 59.2 Å². The molecule has 0 spiro atoms. The maximum atomic E-state index is 12.9. The molecule has 0 aliphatic heterocycles. The predicted molar refractivity (Wildman–Crippen MR) is 122 cm³/mol. The minimum Gasteiger partial charge on any atom is -0.494 e. The lowest BCUT2D eigenvalue weighted by Gasteiger charge is -2.11. The molecule has 0 saturated heterocycles. The van der Waals surface area contributed by atoms with E-state index in [9.17, 15) is 14.9 Å². The summed E-state index contributed by atoms with van der Waals surface area (Å²) < 4.78 is 7.18. The van der Waals surface area contributed by atoms with Crippen molar-refractivity contribution < 1.29 is 14.5 Å². The van der Waals surface area contributed by atoms with Crippen LogP contribution >= 0.6 is 0 Å². The molecule has 1 heterocycles. The van der Waals surface area contributed by atoms with Crippen LogP contribution in [0.1, 0.15) is 18.3 Å². The number of nitrogens with zero attached hydrogens (tertiary/aromatic N) is 3. The van der Waals surface area contributed by atoms with Crippen LogP contribution < -0.4 is 10.1 Å². The summed E-state index contributed by atoms with van der Waals surface area (Å²) in [6, 6.07) is 21.9. The fourth-order valence-electron chi connectivity index (χ4n) is 3.57. The topological polar surface area (TPSA) is 99.3 Å². The number of imidazole rings is 1. The van der Waals surface area contributed by atoms with Gasteiger partial charge in [-0.1, -0.05) is 42.5 Å². The number of amides is 1. The zero-order chi connectivity index (χ0) is 22.5. The highest BCUT2D eigenvalue weighted by Gasteiger charge is 2.19. The SMILES string of the molecule is CCOc1ccc(NC(=O)Cn2c(Cc3ccccc3)nc3ccccc32)c([N+](=O)[O-])c1. The molecule has 162 valence electrons. The third kappa shape index (κ3) is 4.59. The van der Waals surface area contributed by atoms with Crippen molar-refractivity contribution in [2.24, 2.45) is 0 Å². The molecule has 0 unspecified atom stereocenters. The van der Waals surface area contributed by atoms with Crippen LogP contribution in [0.4, 0.5) is 11.4 Å². The van der Waals surface area contributed by atoms with Crippen LogP contribution in [0.2, 0.25) is 0 Å². The average Bonchev–Trinajstić information content (AvgIpc) is 3.12.